The quantitative estimate of drug-likeness (QED) is 0.818. The third kappa shape index (κ3) is 3.27. The zero-order valence-corrected chi connectivity index (χ0v) is 13.0. The Morgan fingerprint density at radius 3 is 2.65 bits per heavy atom. The van der Waals surface area contributed by atoms with Crippen LogP contribution in [-0.4, -0.2) is 26.0 Å². The van der Waals surface area contributed by atoms with E-state index in [0.29, 0.717) is 6.54 Å². The molecule has 0 radical (unpaired) electrons. The van der Waals surface area contributed by atoms with Gasteiger partial charge in [-0.3, -0.25) is 0 Å². The highest BCUT2D eigenvalue weighted by atomic mass is 32.2. The van der Waals surface area contributed by atoms with Crippen LogP contribution >= 0.6 is 11.8 Å². The van der Waals surface area contributed by atoms with Gasteiger partial charge in [-0.15, -0.1) is 0 Å². The van der Waals surface area contributed by atoms with Gasteiger partial charge in [0.1, 0.15) is 10.7 Å². The molecule has 0 saturated heterocycles. The van der Waals surface area contributed by atoms with Gasteiger partial charge in [-0.2, -0.15) is 11.8 Å². The summed E-state index contributed by atoms with van der Waals surface area (Å²) in [7, 11) is -3.87. The molecule has 0 amide bonds. The SMILES string of the molecule is CSC1(CNS(=O)(=O)c2cc(N)ccc2F)CCCC1. The summed E-state index contributed by atoms with van der Waals surface area (Å²) in [6.07, 6.45) is 6.16. The van der Waals surface area contributed by atoms with Crippen molar-refractivity contribution in [3.63, 3.8) is 0 Å². The second-order valence-corrected chi connectivity index (χ2v) is 8.12. The van der Waals surface area contributed by atoms with Crippen molar-refractivity contribution in [3.8, 4) is 0 Å². The smallest absolute Gasteiger partial charge is 0.243 e. The number of rotatable bonds is 5. The number of nitrogens with two attached hydrogens (primary N) is 1. The minimum absolute atomic E-state index is 0.0656. The molecule has 112 valence electrons. The largest absolute Gasteiger partial charge is 0.399 e. The Bertz CT molecular complexity index is 584. The monoisotopic (exact) mass is 318 g/mol. The van der Waals surface area contributed by atoms with Crippen LogP contribution in [0, 0.1) is 5.82 Å². The molecule has 1 aliphatic carbocycles. The van der Waals surface area contributed by atoms with Crippen LogP contribution in [0.4, 0.5) is 10.1 Å². The topological polar surface area (TPSA) is 72.2 Å². The number of hydrogen-bond acceptors (Lipinski definition) is 4. The first-order valence-corrected chi connectivity index (χ1v) is 9.19. The minimum atomic E-state index is -3.87. The van der Waals surface area contributed by atoms with Gasteiger partial charge < -0.3 is 5.73 Å². The molecule has 7 heteroatoms. The molecule has 0 aliphatic heterocycles. The average molecular weight is 318 g/mol. The molecule has 3 N–H and O–H groups in total. The molecule has 0 spiro atoms. The molecule has 1 fully saturated rings. The summed E-state index contributed by atoms with van der Waals surface area (Å²) in [5.41, 5.74) is 5.76. The highest BCUT2D eigenvalue weighted by Gasteiger charge is 2.34. The van der Waals surface area contributed by atoms with Crippen LogP contribution in [0.2, 0.25) is 0 Å². The first-order chi connectivity index (χ1) is 9.38. The third-order valence-corrected chi connectivity index (χ3v) is 6.61. The van der Waals surface area contributed by atoms with Gasteiger partial charge in [-0.05, 0) is 37.3 Å². The molecule has 0 bridgehead atoms. The first-order valence-electron chi connectivity index (χ1n) is 6.48. The summed E-state index contributed by atoms with van der Waals surface area (Å²) < 4.78 is 40.5. The maximum absolute atomic E-state index is 13.7. The van der Waals surface area contributed by atoms with Crippen LogP contribution in [-0.2, 0) is 10.0 Å². The van der Waals surface area contributed by atoms with Gasteiger partial charge in [0, 0.05) is 17.0 Å². The maximum Gasteiger partial charge on any atom is 0.243 e. The van der Waals surface area contributed by atoms with Crippen molar-refractivity contribution in [3.05, 3.63) is 24.0 Å². The van der Waals surface area contributed by atoms with E-state index >= 15 is 0 Å². The Hall–Kier alpha value is -0.790. The van der Waals surface area contributed by atoms with Crippen LogP contribution in [0.25, 0.3) is 0 Å². The van der Waals surface area contributed by atoms with Crippen molar-refractivity contribution in [2.24, 2.45) is 0 Å². The molecular formula is C13H19FN2O2S2. The zero-order chi connectivity index (χ0) is 14.8. The summed E-state index contributed by atoms with van der Waals surface area (Å²) in [4.78, 5) is -0.383. The minimum Gasteiger partial charge on any atom is -0.399 e. The molecule has 1 aromatic rings. The number of benzene rings is 1. The van der Waals surface area contributed by atoms with Gasteiger partial charge in [0.05, 0.1) is 0 Å². The van der Waals surface area contributed by atoms with Gasteiger partial charge in [0.2, 0.25) is 10.0 Å². The van der Waals surface area contributed by atoms with Crippen molar-refractivity contribution in [1.29, 1.82) is 0 Å². The fraction of sp³-hybridized carbons (Fsp3) is 0.538. The normalized spacial score (nSPS) is 18.3. The number of nitrogen functional groups attached to an aromatic ring is 1. The summed E-state index contributed by atoms with van der Waals surface area (Å²) in [6, 6.07) is 3.57. The number of sulfonamides is 1. The number of anilines is 1. The van der Waals surface area contributed by atoms with Crippen LogP contribution in [0.5, 0.6) is 0 Å². The van der Waals surface area contributed by atoms with Crippen molar-refractivity contribution in [2.75, 3.05) is 18.5 Å². The Morgan fingerprint density at radius 2 is 2.05 bits per heavy atom. The molecule has 1 aromatic carbocycles. The number of thioether (sulfide) groups is 1. The van der Waals surface area contributed by atoms with Gasteiger partial charge in [-0.1, -0.05) is 12.8 Å². The Balaban J connectivity index is 2.17. The zero-order valence-electron chi connectivity index (χ0n) is 11.4. The first kappa shape index (κ1) is 15.6. The van der Waals surface area contributed by atoms with E-state index in [2.05, 4.69) is 4.72 Å². The molecule has 1 aliphatic rings. The van der Waals surface area contributed by atoms with E-state index in [0.717, 1.165) is 37.8 Å². The van der Waals surface area contributed by atoms with Crippen molar-refractivity contribution >= 4 is 27.5 Å². The molecule has 0 unspecified atom stereocenters. The molecule has 1 saturated carbocycles. The highest BCUT2D eigenvalue weighted by molar-refractivity contribution is 8.00. The van der Waals surface area contributed by atoms with E-state index in [9.17, 15) is 12.8 Å². The average Bonchev–Trinajstić information content (AvgIpc) is 2.89. The molecule has 2 rings (SSSR count). The third-order valence-electron chi connectivity index (χ3n) is 3.78. The lowest BCUT2D eigenvalue weighted by atomic mass is 10.1. The Labute approximate surface area is 123 Å². The van der Waals surface area contributed by atoms with Gasteiger partial charge in [0.15, 0.2) is 0 Å². The van der Waals surface area contributed by atoms with E-state index in [1.165, 1.54) is 6.07 Å². The second-order valence-electron chi connectivity index (χ2n) is 5.11. The predicted molar refractivity (Wildman–Crippen MR) is 80.7 cm³/mol. The summed E-state index contributed by atoms with van der Waals surface area (Å²) in [5, 5.41) is 0. The predicted octanol–water partition coefficient (Wildman–Crippen LogP) is 2.36. The van der Waals surface area contributed by atoms with E-state index in [4.69, 9.17) is 5.73 Å². The Morgan fingerprint density at radius 1 is 1.40 bits per heavy atom. The molecule has 0 heterocycles. The van der Waals surface area contributed by atoms with Crippen LogP contribution in [0.1, 0.15) is 25.7 Å². The van der Waals surface area contributed by atoms with E-state index in [1.807, 2.05) is 6.26 Å². The molecule has 4 nitrogen and oxygen atoms in total. The van der Waals surface area contributed by atoms with Gasteiger partial charge >= 0.3 is 0 Å². The lowest BCUT2D eigenvalue weighted by molar-refractivity contribution is 0.538. The molecule has 20 heavy (non-hydrogen) atoms. The summed E-state index contributed by atoms with van der Waals surface area (Å²) >= 11 is 1.68. The number of hydrogen-bond donors (Lipinski definition) is 2. The van der Waals surface area contributed by atoms with Gasteiger partial charge in [-0.25, -0.2) is 17.5 Å². The van der Waals surface area contributed by atoms with Crippen LogP contribution in [0.3, 0.4) is 0 Å². The highest BCUT2D eigenvalue weighted by Crippen LogP contribution is 2.39. The molecule has 0 aromatic heterocycles. The maximum atomic E-state index is 13.7. The van der Waals surface area contributed by atoms with E-state index in [-0.39, 0.29) is 15.3 Å². The fourth-order valence-electron chi connectivity index (χ4n) is 2.50. The van der Waals surface area contributed by atoms with E-state index in [1.54, 1.807) is 11.8 Å². The number of halogens is 1. The van der Waals surface area contributed by atoms with Crippen molar-refractivity contribution in [2.45, 2.75) is 35.3 Å². The lowest BCUT2D eigenvalue weighted by Gasteiger charge is -2.26. The molecule has 0 atom stereocenters. The summed E-state index contributed by atoms with van der Waals surface area (Å²) in [6.45, 7) is 0.324. The fourth-order valence-corrected chi connectivity index (χ4v) is 4.75. The van der Waals surface area contributed by atoms with Crippen LogP contribution < -0.4 is 10.5 Å². The van der Waals surface area contributed by atoms with Crippen molar-refractivity contribution < 1.29 is 12.8 Å². The van der Waals surface area contributed by atoms with Gasteiger partial charge in [0.25, 0.3) is 0 Å². The summed E-state index contributed by atoms with van der Waals surface area (Å²) in [5.74, 6) is -0.781. The number of nitrogens with one attached hydrogen (secondary N) is 1. The molecular weight excluding hydrogens is 299 g/mol. The van der Waals surface area contributed by atoms with E-state index < -0.39 is 15.8 Å². The second kappa shape index (κ2) is 5.91. The van der Waals surface area contributed by atoms with Crippen molar-refractivity contribution in [1.82, 2.24) is 4.72 Å². The standard InChI is InChI=1S/C13H19FN2O2S2/c1-19-13(6-2-3-7-13)9-16-20(17,18)12-8-10(15)4-5-11(12)14/h4-5,8,16H,2-3,6-7,9,15H2,1H3. The Kier molecular flexibility index (Phi) is 4.61. The lowest BCUT2D eigenvalue weighted by Crippen LogP contribution is -2.38. The van der Waals surface area contributed by atoms with Crippen LogP contribution in [0.15, 0.2) is 23.1 Å².